The first kappa shape index (κ1) is 28.7. The Hall–Kier alpha value is -3.51. The third-order valence-electron chi connectivity index (χ3n) is 5.35. The Bertz CT molecular complexity index is 1170. The van der Waals surface area contributed by atoms with E-state index >= 15 is 0 Å². The number of anilines is 1. The summed E-state index contributed by atoms with van der Waals surface area (Å²) in [6.45, 7) is 0.516. The fourth-order valence-corrected chi connectivity index (χ4v) is 4.08. The monoisotopic (exact) mass is 520 g/mol. The summed E-state index contributed by atoms with van der Waals surface area (Å²) < 4.78 is 33.6. The van der Waals surface area contributed by atoms with Crippen LogP contribution in [0.4, 0.5) is 5.69 Å². The van der Waals surface area contributed by atoms with Crippen molar-refractivity contribution in [2.45, 2.75) is 57.8 Å². The molecule has 0 spiro atoms. The fourth-order valence-electron chi connectivity index (χ4n) is 3.47. The van der Waals surface area contributed by atoms with Crippen LogP contribution >= 0.6 is 0 Å². The molecule has 1 heterocycles. The molecule has 1 aromatic heterocycles. The van der Waals surface area contributed by atoms with Crippen molar-refractivity contribution in [3.63, 3.8) is 0 Å². The van der Waals surface area contributed by atoms with E-state index in [1.165, 1.54) is 36.5 Å². The number of hydrogen-bond acceptors (Lipinski definition) is 6. The van der Waals surface area contributed by atoms with Crippen LogP contribution in [0.5, 0.6) is 0 Å². The van der Waals surface area contributed by atoms with Crippen molar-refractivity contribution in [1.29, 1.82) is 0 Å². The number of H-pyrrole nitrogens is 1. The predicted molar refractivity (Wildman–Crippen MR) is 134 cm³/mol. The smallest absolute Gasteiger partial charge is 0.379 e. The van der Waals surface area contributed by atoms with Crippen molar-refractivity contribution in [3.05, 3.63) is 59.2 Å². The van der Waals surface area contributed by atoms with Gasteiger partial charge in [-0.3, -0.25) is 18.9 Å². The van der Waals surface area contributed by atoms with Crippen LogP contribution < -0.4 is 15.2 Å². The lowest BCUT2D eigenvalue weighted by Gasteiger charge is -2.16. The number of carbonyl (C=O) groups is 3. The average Bonchev–Trinajstić information content (AvgIpc) is 2.85. The minimum absolute atomic E-state index is 0.0191. The zero-order valence-corrected chi connectivity index (χ0v) is 20.7. The topological polar surface area (TPSA) is 169 Å². The quantitative estimate of drug-likeness (QED) is 0.114. The molecular weight excluding hydrogens is 488 g/mol. The number of aromatic nitrogens is 1. The third kappa shape index (κ3) is 10.0. The number of aromatic amines is 1. The summed E-state index contributed by atoms with van der Waals surface area (Å²) in [6, 6.07) is 8.60. The van der Waals surface area contributed by atoms with Gasteiger partial charge in [-0.1, -0.05) is 50.7 Å². The lowest BCUT2D eigenvalue weighted by molar-refractivity contribution is -0.137. The molecule has 0 bridgehead atoms. The Morgan fingerprint density at radius 3 is 2.19 bits per heavy atom. The number of unbranched alkanes of at least 4 members (excludes halogenated alkanes) is 7. The van der Waals surface area contributed by atoms with Crippen LogP contribution in [0.25, 0.3) is 0 Å². The molecule has 0 fully saturated rings. The number of nitrogens with zero attached hydrogens (tertiary/aromatic N) is 2. The summed E-state index contributed by atoms with van der Waals surface area (Å²) in [5.74, 6) is -1.05. The molecule has 0 saturated heterocycles. The summed E-state index contributed by atoms with van der Waals surface area (Å²) in [4.78, 5) is 36.7. The molecule has 12 heteroatoms. The van der Waals surface area contributed by atoms with E-state index in [0.717, 1.165) is 51.4 Å². The summed E-state index contributed by atoms with van der Waals surface area (Å²) in [5.41, 5.74) is 0.254. The van der Waals surface area contributed by atoms with Crippen LogP contribution in [0.15, 0.2) is 47.7 Å². The molecule has 0 aliphatic carbocycles. The molecule has 0 saturated carbocycles. The Morgan fingerprint density at radius 1 is 0.972 bits per heavy atom. The van der Waals surface area contributed by atoms with Crippen LogP contribution in [0.1, 0.15) is 78.5 Å². The molecule has 0 unspecified atom stereocenters. The lowest BCUT2D eigenvalue weighted by atomic mass is 10.1. The number of amides is 1. The molecular formula is C24H32N4O7S. The van der Waals surface area contributed by atoms with Gasteiger partial charge in [-0.25, -0.2) is 0 Å². The standard InChI is InChI=1S/C24H32N4O7S/c29-18-20-11-8-9-12-21(20)28(36(33,34)35)27-22-15-14-19(17-26-22)24(32)25-16-10-6-4-2-1-3-5-7-13-23(30)31/h8-9,11-12,14-15,17-18H,1-7,10,13,16H2,(H,25,32)(H,26,27)(H,30,31)(H,33,34,35). The summed E-state index contributed by atoms with van der Waals surface area (Å²) in [5, 5.41) is 15.3. The van der Waals surface area contributed by atoms with Gasteiger partial charge in [0, 0.05) is 24.7 Å². The summed E-state index contributed by atoms with van der Waals surface area (Å²) in [7, 11) is -4.82. The average molecular weight is 521 g/mol. The molecule has 196 valence electrons. The summed E-state index contributed by atoms with van der Waals surface area (Å²) in [6.07, 6.45) is 9.77. The second-order valence-electron chi connectivity index (χ2n) is 8.19. The van der Waals surface area contributed by atoms with Gasteiger partial charge in [-0.15, -0.1) is 9.52 Å². The Labute approximate surface area is 210 Å². The zero-order valence-electron chi connectivity index (χ0n) is 19.9. The number of aliphatic carboxylic acids is 1. The van der Waals surface area contributed by atoms with E-state index in [0.29, 0.717) is 22.8 Å². The number of pyridine rings is 1. The highest BCUT2D eigenvalue weighted by Crippen LogP contribution is 2.21. The normalized spacial score (nSPS) is 11.8. The van der Waals surface area contributed by atoms with Crippen molar-refractivity contribution < 1.29 is 32.5 Å². The van der Waals surface area contributed by atoms with Crippen molar-refractivity contribution >= 4 is 34.2 Å². The van der Waals surface area contributed by atoms with Crippen LogP contribution in [0, 0.1) is 0 Å². The lowest BCUT2D eigenvalue weighted by Crippen LogP contribution is -2.30. The van der Waals surface area contributed by atoms with E-state index in [1.54, 1.807) is 6.07 Å². The van der Waals surface area contributed by atoms with E-state index in [1.807, 2.05) is 0 Å². The van der Waals surface area contributed by atoms with Gasteiger partial charge in [-0.05, 0) is 37.1 Å². The maximum atomic E-state index is 12.3. The number of nitrogens with one attached hydrogen (secondary N) is 2. The molecule has 0 aliphatic heterocycles. The number of para-hydroxylation sites is 1. The van der Waals surface area contributed by atoms with E-state index in [4.69, 9.17) is 5.11 Å². The molecule has 36 heavy (non-hydrogen) atoms. The van der Waals surface area contributed by atoms with Gasteiger partial charge in [0.1, 0.15) is 0 Å². The van der Waals surface area contributed by atoms with Crippen LogP contribution in [0.2, 0.25) is 0 Å². The van der Waals surface area contributed by atoms with Crippen LogP contribution in [-0.2, 0) is 15.1 Å². The summed E-state index contributed by atoms with van der Waals surface area (Å²) >= 11 is 0. The van der Waals surface area contributed by atoms with E-state index in [-0.39, 0.29) is 29.1 Å². The molecule has 11 nitrogen and oxygen atoms in total. The van der Waals surface area contributed by atoms with Crippen molar-refractivity contribution in [2.24, 2.45) is 5.10 Å². The number of carboxylic acids is 1. The molecule has 0 radical (unpaired) electrons. The molecule has 0 atom stereocenters. The number of rotatable bonds is 16. The molecule has 2 aromatic rings. The maximum Gasteiger partial charge on any atom is 0.379 e. The molecule has 1 aromatic carbocycles. The van der Waals surface area contributed by atoms with Crippen molar-refractivity contribution in [3.8, 4) is 0 Å². The highest BCUT2D eigenvalue weighted by Gasteiger charge is 2.21. The molecule has 1 amide bonds. The van der Waals surface area contributed by atoms with Gasteiger partial charge in [-0.2, -0.15) is 8.42 Å². The Kier molecular flexibility index (Phi) is 11.8. The maximum absolute atomic E-state index is 12.3. The minimum Gasteiger partial charge on any atom is -0.481 e. The highest BCUT2D eigenvalue weighted by molar-refractivity contribution is 7.87. The van der Waals surface area contributed by atoms with E-state index in [9.17, 15) is 27.4 Å². The number of carbonyl (C=O) groups excluding carboxylic acids is 2. The van der Waals surface area contributed by atoms with Crippen molar-refractivity contribution in [2.75, 3.05) is 11.0 Å². The largest absolute Gasteiger partial charge is 0.481 e. The van der Waals surface area contributed by atoms with Crippen LogP contribution in [0.3, 0.4) is 0 Å². The van der Waals surface area contributed by atoms with Crippen molar-refractivity contribution in [1.82, 2.24) is 10.3 Å². The number of carboxylic acid groups (broad SMARTS) is 1. The number of benzene rings is 1. The first-order chi connectivity index (χ1) is 17.2. The van der Waals surface area contributed by atoms with E-state index in [2.05, 4.69) is 15.4 Å². The van der Waals surface area contributed by atoms with Gasteiger partial charge in [0.15, 0.2) is 11.8 Å². The van der Waals surface area contributed by atoms with Gasteiger partial charge >= 0.3 is 16.3 Å². The second-order valence-corrected chi connectivity index (χ2v) is 9.43. The molecule has 4 N–H and O–H groups in total. The van der Waals surface area contributed by atoms with Gasteiger partial charge in [0.05, 0.1) is 11.3 Å². The number of aldehydes is 1. The fraction of sp³-hybridized carbons (Fsp3) is 0.417. The zero-order chi connectivity index (χ0) is 26.4. The second kappa shape index (κ2) is 14.8. The first-order valence-electron chi connectivity index (χ1n) is 11.8. The predicted octanol–water partition coefficient (Wildman–Crippen LogP) is 3.28. The van der Waals surface area contributed by atoms with Crippen LogP contribution in [-0.4, -0.2) is 47.8 Å². The van der Waals surface area contributed by atoms with Gasteiger partial charge < -0.3 is 15.4 Å². The Balaban J connectivity index is 1.82. The first-order valence-corrected chi connectivity index (χ1v) is 13.2. The van der Waals surface area contributed by atoms with E-state index < -0.39 is 16.3 Å². The number of hydrogen-bond donors (Lipinski definition) is 4. The molecule has 0 aliphatic rings. The Morgan fingerprint density at radius 2 is 1.61 bits per heavy atom. The van der Waals surface area contributed by atoms with Gasteiger partial charge in [0.2, 0.25) is 0 Å². The third-order valence-corrected chi connectivity index (χ3v) is 6.06. The van der Waals surface area contributed by atoms with Gasteiger partial charge in [0.25, 0.3) is 5.91 Å². The highest BCUT2D eigenvalue weighted by atomic mass is 32.2. The minimum atomic E-state index is -4.82. The SMILES string of the molecule is O=Cc1ccccc1N(N=c1ccc(C(=O)NCCCCCCCCCCC(=O)O)c[nH]1)S(=O)(=O)O. The molecule has 2 rings (SSSR count).